The number of nitriles is 1. The van der Waals surface area contributed by atoms with Crippen LogP contribution in [0.25, 0.3) is 6.08 Å². The molecule has 8 nitrogen and oxygen atoms in total. The highest BCUT2D eigenvalue weighted by molar-refractivity contribution is 6.32. The van der Waals surface area contributed by atoms with Crippen molar-refractivity contribution in [2.24, 2.45) is 0 Å². The van der Waals surface area contributed by atoms with E-state index < -0.39 is 5.91 Å². The highest BCUT2D eigenvalue weighted by atomic mass is 35.5. The van der Waals surface area contributed by atoms with Crippen LogP contribution < -0.4 is 20.1 Å². The van der Waals surface area contributed by atoms with Gasteiger partial charge in [-0.05, 0) is 86.0 Å². The van der Waals surface area contributed by atoms with E-state index in [1.807, 2.05) is 38.1 Å². The van der Waals surface area contributed by atoms with Crippen LogP contribution in [0.5, 0.6) is 17.2 Å². The normalized spacial score (nSPS) is 10.8. The second-order valence-corrected chi connectivity index (χ2v) is 8.50. The lowest BCUT2D eigenvalue weighted by atomic mass is 10.1. The molecule has 0 heterocycles. The Morgan fingerprint density at radius 1 is 1.05 bits per heavy atom. The molecule has 0 aliphatic carbocycles. The number of aromatic hydroxyl groups is 1. The number of hydrogen-bond donors (Lipinski definition) is 3. The van der Waals surface area contributed by atoms with Gasteiger partial charge in [-0.25, -0.2) is 0 Å². The van der Waals surface area contributed by atoms with Gasteiger partial charge in [0.2, 0.25) is 0 Å². The summed E-state index contributed by atoms with van der Waals surface area (Å²) in [6.07, 6.45) is 1.36. The summed E-state index contributed by atoms with van der Waals surface area (Å²) in [4.78, 5) is 25.1. The number of ether oxygens (including phenoxy) is 2. The number of phenols is 1. The van der Waals surface area contributed by atoms with Crippen LogP contribution in [0.15, 0.2) is 60.2 Å². The third kappa shape index (κ3) is 7.50. The monoisotopic (exact) mass is 519 g/mol. The molecule has 0 saturated heterocycles. The molecule has 3 aromatic carbocycles. The zero-order valence-corrected chi connectivity index (χ0v) is 21.3. The molecule has 0 aliphatic rings. The first-order valence-corrected chi connectivity index (χ1v) is 11.8. The van der Waals surface area contributed by atoms with Gasteiger partial charge in [-0.1, -0.05) is 23.7 Å². The van der Waals surface area contributed by atoms with Crippen molar-refractivity contribution in [3.63, 3.8) is 0 Å². The first-order chi connectivity index (χ1) is 17.7. The van der Waals surface area contributed by atoms with E-state index in [4.69, 9.17) is 21.1 Å². The molecule has 0 unspecified atom stereocenters. The molecule has 37 heavy (non-hydrogen) atoms. The number of carbonyl (C=O) groups excluding carboxylic acids is 2. The minimum Gasteiger partial charge on any atom is -0.508 e. The van der Waals surface area contributed by atoms with E-state index in [-0.39, 0.29) is 40.4 Å². The van der Waals surface area contributed by atoms with Gasteiger partial charge in [-0.15, -0.1) is 0 Å². The smallest absolute Gasteiger partial charge is 0.266 e. The largest absolute Gasteiger partial charge is 0.508 e. The van der Waals surface area contributed by atoms with Crippen LogP contribution in [0, 0.1) is 25.2 Å². The number of aryl methyl sites for hydroxylation is 2. The van der Waals surface area contributed by atoms with Crippen LogP contribution in [0.2, 0.25) is 5.02 Å². The molecule has 3 aromatic rings. The average molecular weight is 520 g/mol. The Labute approximate surface area is 220 Å². The van der Waals surface area contributed by atoms with Gasteiger partial charge in [0.1, 0.15) is 17.4 Å². The SMILES string of the molecule is CCOc1cc(/C=C(\C#N)C(=O)Nc2ccc(O)cc2)cc(Cl)c1OCC(=O)Nc1cc(C)ccc1C. The van der Waals surface area contributed by atoms with Gasteiger partial charge in [0, 0.05) is 11.4 Å². The van der Waals surface area contributed by atoms with Crippen molar-refractivity contribution < 1.29 is 24.2 Å². The van der Waals surface area contributed by atoms with Crippen LogP contribution >= 0.6 is 11.6 Å². The van der Waals surface area contributed by atoms with Crippen LogP contribution in [-0.4, -0.2) is 30.1 Å². The summed E-state index contributed by atoms with van der Waals surface area (Å²) < 4.78 is 11.3. The van der Waals surface area contributed by atoms with Gasteiger partial charge in [0.05, 0.1) is 11.6 Å². The Morgan fingerprint density at radius 3 is 2.46 bits per heavy atom. The maximum Gasteiger partial charge on any atom is 0.266 e. The molecule has 0 spiro atoms. The van der Waals surface area contributed by atoms with Gasteiger partial charge in [-0.3, -0.25) is 9.59 Å². The van der Waals surface area contributed by atoms with E-state index in [1.54, 1.807) is 13.0 Å². The van der Waals surface area contributed by atoms with E-state index in [0.29, 0.717) is 23.5 Å². The first-order valence-electron chi connectivity index (χ1n) is 11.4. The van der Waals surface area contributed by atoms with Gasteiger partial charge in [-0.2, -0.15) is 5.26 Å². The van der Waals surface area contributed by atoms with Gasteiger partial charge < -0.3 is 25.2 Å². The van der Waals surface area contributed by atoms with Crippen molar-refractivity contribution in [1.29, 1.82) is 5.26 Å². The fourth-order valence-corrected chi connectivity index (χ4v) is 3.60. The quantitative estimate of drug-likeness (QED) is 0.191. The highest BCUT2D eigenvalue weighted by Gasteiger charge is 2.16. The van der Waals surface area contributed by atoms with Crippen LogP contribution in [0.4, 0.5) is 11.4 Å². The molecular weight excluding hydrogens is 494 g/mol. The third-order valence-corrected chi connectivity index (χ3v) is 5.43. The molecule has 0 atom stereocenters. The summed E-state index contributed by atoms with van der Waals surface area (Å²) in [7, 11) is 0. The maximum absolute atomic E-state index is 12.6. The van der Waals surface area contributed by atoms with E-state index in [1.165, 1.54) is 36.4 Å². The standard InChI is InChI=1S/C28H26ClN3O5/c1-4-36-25-14-19(12-20(15-30)28(35)31-21-7-9-22(33)10-8-21)13-23(29)27(25)37-16-26(34)32-24-11-17(2)5-6-18(24)3/h5-14,33H,4,16H2,1-3H3,(H,31,35)(H,32,34)/b20-12+. The van der Waals surface area contributed by atoms with Gasteiger partial charge in [0.25, 0.3) is 11.8 Å². The number of nitrogens with zero attached hydrogens (tertiary/aromatic N) is 1. The van der Waals surface area contributed by atoms with Crippen LogP contribution in [0.3, 0.4) is 0 Å². The fraction of sp³-hybridized carbons (Fsp3) is 0.179. The zero-order chi connectivity index (χ0) is 26.9. The molecule has 9 heteroatoms. The zero-order valence-electron chi connectivity index (χ0n) is 20.6. The molecule has 0 radical (unpaired) electrons. The lowest BCUT2D eigenvalue weighted by Gasteiger charge is -2.15. The molecular formula is C28H26ClN3O5. The summed E-state index contributed by atoms with van der Waals surface area (Å²) in [6, 6.07) is 16.5. The number of benzene rings is 3. The molecule has 3 rings (SSSR count). The van der Waals surface area contributed by atoms with Crippen LogP contribution in [0.1, 0.15) is 23.6 Å². The third-order valence-electron chi connectivity index (χ3n) is 5.15. The van der Waals surface area contributed by atoms with E-state index in [0.717, 1.165) is 11.1 Å². The Hall–Kier alpha value is -4.48. The van der Waals surface area contributed by atoms with Crippen LogP contribution in [-0.2, 0) is 9.59 Å². The molecule has 3 N–H and O–H groups in total. The average Bonchev–Trinajstić information content (AvgIpc) is 2.85. The van der Waals surface area contributed by atoms with Gasteiger partial charge in [0.15, 0.2) is 18.1 Å². The Kier molecular flexibility index (Phi) is 9.14. The molecule has 0 aliphatic heterocycles. The predicted octanol–water partition coefficient (Wildman–Crippen LogP) is 5.62. The lowest BCUT2D eigenvalue weighted by molar-refractivity contribution is -0.118. The second-order valence-electron chi connectivity index (χ2n) is 8.09. The number of carbonyl (C=O) groups is 2. The number of phenolic OH excluding ortho intramolecular Hbond substituents is 1. The first kappa shape index (κ1) is 27.1. The predicted molar refractivity (Wildman–Crippen MR) is 143 cm³/mol. The minimum atomic E-state index is -0.634. The van der Waals surface area contributed by atoms with E-state index in [2.05, 4.69) is 10.6 Å². The summed E-state index contributed by atoms with van der Waals surface area (Å²) in [5.41, 5.74) is 3.30. The molecule has 0 aromatic heterocycles. The number of rotatable bonds is 9. The number of anilines is 2. The Morgan fingerprint density at radius 2 is 1.78 bits per heavy atom. The highest BCUT2D eigenvalue weighted by Crippen LogP contribution is 2.37. The summed E-state index contributed by atoms with van der Waals surface area (Å²) in [5, 5.41) is 24.5. The number of hydrogen-bond acceptors (Lipinski definition) is 6. The number of nitrogens with one attached hydrogen (secondary N) is 2. The molecule has 0 bridgehead atoms. The maximum atomic E-state index is 12.6. The van der Waals surface area contributed by atoms with Gasteiger partial charge >= 0.3 is 0 Å². The van der Waals surface area contributed by atoms with Crippen molar-refractivity contribution >= 4 is 40.9 Å². The van der Waals surface area contributed by atoms with Crippen molar-refractivity contribution in [1.82, 2.24) is 0 Å². The van der Waals surface area contributed by atoms with E-state index >= 15 is 0 Å². The number of amides is 2. The Bertz CT molecular complexity index is 1380. The number of halogens is 1. The summed E-state index contributed by atoms with van der Waals surface area (Å²) in [5.74, 6) is -0.516. The fourth-order valence-electron chi connectivity index (χ4n) is 3.33. The van der Waals surface area contributed by atoms with Crippen molar-refractivity contribution in [3.05, 3.63) is 81.9 Å². The van der Waals surface area contributed by atoms with E-state index in [9.17, 15) is 20.0 Å². The molecule has 190 valence electrons. The lowest BCUT2D eigenvalue weighted by Crippen LogP contribution is -2.21. The summed E-state index contributed by atoms with van der Waals surface area (Å²) in [6.45, 7) is 5.60. The van der Waals surface area contributed by atoms with Crippen molar-refractivity contribution in [2.45, 2.75) is 20.8 Å². The Balaban J connectivity index is 1.77. The molecule has 2 amide bonds. The second kappa shape index (κ2) is 12.5. The van der Waals surface area contributed by atoms with Crippen molar-refractivity contribution in [3.8, 4) is 23.3 Å². The topological polar surface area (TPSA) is 121 Å². The summed E-state index contributed by atoms with van der Waals surface area (Å²) >= 11 is 6.44. The molecule has 0 fully saturated rings. The van der Waals surface area contributed by atoms with Crippen molar-refractivity contribution in [2.75, 3.05) is 23.8 Å². The minimum absolute atomic E-state index is 0.0530. The molecule has 0 saturated carbocycles.